The molecule has 20 heavy (non-hydrogen) atoms. The van der Waals surface area contributed by atoms with Crippen LogP contribution in [0, 0.1) is 5.92 Å². The standard InChI is InChI=1S/C16H19ClN2O/c17-14-3-5-15(6-4-14)19-8-7-13(12-19)10-18-11-16-2-1-9-20-16/h1-6,9,13,18H,7-8,10-12H2. The number of hydrogen-bond acceptors (Lipinski definition) is 3. The Morgan fingerprint density at radius 3 is 2.85 bits per heavy atom. The molecule has 3 nitrogen and oxygen atoms in total. The van der Waals surface area contributed by atoms with Crippen molar-refractivity contribution in [2.75, 3.05) is 24.5 Å². The molecule has 0 radical (unpaired) electrons. The summed E-state index contributed by atoms with van der Waals surface area (Å²) in [6, 6.07) is 12.0. The monoisotopic (exact) mass is 290 g/mol. The zero-order chi connectivity index (χ0) is 13.8. The van der Waals surface area contributed by atoms with E-state index in [4.69, 9.17) is 16.0 Å². The highest BCUT2D eigenvalue weighted by molar-refractivity contribution is 6.30. The van der Waals surface area contributed by atoms with E-state index in [9.17, 15) is 0 Å². The first kappa shape index (κ1) is 13.5. The second kappa shape index (κ2) is 6.33. The van der Waals surface area contributed by atoms with Crippen molar-refractivity contribution in [1.29, 1.82) is 0 Å². The maximum Gasteiger partial charge on any atom is 0.117 e. The number of furan rings is 1. The molecule has 2 aromatic rings. The fourth-order valence-corrected chi connectivity index (χ4v) is 2.82. The summed E-state index contributed by atoms with van der Waals surface area (Å²) < 4.78 is 5.31. The highest BCUT2D eigenvalue weighted by Gasteiger charge is 2.22. The number of nitrogens with one attached hydrogen (secondary N) is 1. The summed E-state index contributed by atoms with van der Waals surface area (Å²) in [5.74, 6) is 1.69. The topological polar surface area (TPSA) is 28.4 Å². The number of hydrogen-bond donors (Lipinski definition) is 1. The Morgan fingerprint density at radius 2 is 2.10 bits per heavy atom. The van der Waals surface area contributed by atoms with Crippen molar-refractivity contribution >= 4 is 17.3 Å². The van der Waals surface area contributed by atoms with E-state index in [0.29, 0.717) is 5.92 Å². The summed E-state index contributed by atoms with van der Waals surface area (Å²) in [4.78, 5) is 2.43. The average molecular weight is 291 g/mol. The van der Waals surface area contributed by atoms with Gasteiger partial charge >= 0.3 is 0 Å². The van der Waals surface area contributed by atoms with Crippen LogP contribution in [0.2, 0.25) is 5.02 Å². The van der Waals surface area contributed by atoms with Crippen LogP contribution in [0.15, 0.2) is 47.1 Å². The number of benzene rings is 1. The van der Waals surface area contributed by atoms with E-state index in [-0.39, 0.29) is 0 Å². The quantitative estimate of drug-likeness (QED) is 0.913. The van der Waals surface area contributed by atoms with Gasteiger partial charge in [0, 0.05) is 30.3 Å². The lowest BCUT2D eigenvalue weighted by Crippen LogP contribution is -2.26. The van der Waals surface area contributed by atoms with Crippen LogP contribution in [-0.2, 0) is 6.54 Å². The van der Waals surface area contributed by atoms with Crippen LogP contribution in [0.1, 0.15) is 12.2 Å². The smallest absolute Gasteiger partial charge is 0.117 e. The molecule has 0 spiro atoms. The van der Waals surface area contributed by atoms with Crippen molar-refractivity contribution in [3.63, 3.8) is 0 Å². The minimum atomic E-state index is 0.695. The summed E-state index contributed by atoms with van der Waals surface area (Å²) in [5, 5.41) is 4.27. The molecule has 4 heteroatoms. The Kier molecular flexibility index (Phi) is 4.28. The van der Waals surface area contributed by atoms with Crippen LogP contribution < -0.4 is 10.2 Å². The van der Waals surface area contributed by atoms with Gasteiger partial charge in [-0.1, -0.05) is 11.6 Å². The van der Waals surface area contributed by atoms with E-state index in [0.717, 1.165) is 37.0 Å². The normalized spacial score (nSPS) is 18.6. The Labute approximate surface area is 124 Å². The third-order valence-electron chi connectivity index (χ3n) is 3.79. The van der Waals surface area contributed by atoms with Crippen LogP contribution in [0.5, 0.6) is 0 Å². The third kappa shape index (κ3) is 3.35. The minimum Gasteiger partial charge on any atom is -0.468 e. The van der Waals surface area contributed by atoms with Gasteiger partial charge in [0.25, 0.3) is 0 Å². The summed E-state index contributed by atoms with van der Waals surface area (Å²) in [6.07, 6.45) is 2.95. The number of nitrogens with zero attached hydrogens (tertiary/aromatic N) is 1. The van der Waals surface area contributed by atoms with E-state index in [2.05, 4.69) is 22.3 Å². The molecule has 0 amide bonds. The molecule has 0 saturated carbocycles. The van der Waals surface area contributed by atoms with Crippen LogP contribution in [0.25, 0.3) is 0 Å². The van der Waals surface area contributed by atoms with Crippen molar-refractivity contribution < 1.29 is 4.42 Å². The van der Waals surface area contributed by atoms with E-state index < -0.39 is 0 Å². The largest absolute Gasteiger partial charge is 0.468 e. The molecule has 0 bridgehead atoms. The second-order valence-corrected chi connectivity index (χ2v) is 5.72. The molecule has 0 aliphatic carbocycles. The molecule has 1 aromatic heterocycles. The highest BCUT2D eigenvalue weighted by atomic mass is 35.5. The number of anilines is 1. The van der Waals surface area contributed by atoms with E-state index in [1.165, 1.54) is 12.1 Å². The SMILES string of the molecule is Clc1ccc(N2CCC(CNCc3ccco3)C2)cc1. The molecule has 1 N–H and O–H groups in total. The Morgan fingerprint density at radius 1 is 1.25 bits per heavy atom. The lowest BCUT2D eigenvalue weighted by molar-refractivity contribution is 0.454. The van der Waals surface area contributed by atoms with Crippen molar-refractivity contribution in [2.45, 2.75) is 13.0 Å². The molecular weight excluding hydrogens is 272 g/mol. The molecule has 1 aliphatic rings. The van der Waals surface area contributed by atoms with E-state index in [1.807, 2.05) is 24.3 Å². The predicted octanol–water partition coefficient (Wildman–Crippen LogP) is 3.55. The van der Waals surface area contributed by atoms with Gasteiger partial charge in [0.2, 0.25) is 0 Å². The average Bonchev–Trinajstić information content (AvgIpc) is 3.11. The first-order chi connectivity index (χ1) is 9.81. The molecule has 1 fully saturated rings. The molecule has 1 atom stereocenters. The molecule has 106 valence electrons. The molecule has 1 unspecified atom stereocenters. The Hall–Kier alpha value is -1.45. The van der Waals surface area contributed by atoms with Gasteiger partial charge in [-0.2, -0.15) is 0 Å². The zero-order valence-corrected chi connectivity index (χ0v) is 12.1. The van der Waals surface area contributed by atoms with Gasteiger partial charge in [-0.3, -0.25) is 0 Å². The molecule has 3 rings (SSSR count). The van der Waals surface area contributed by atoms with E-state index in [1.54, 1.807) is 6.26 Å². The maximum absolute atomic E-state index is 5.93. The molecule has 1 saturated heterocycles. The van der Waals surface area contributed by atoms with Gasteiger partial charge in [-0.25, -0.2) is 0 Å². The summed E-state index contributed by atoms with van der Waals surface area (Å²) >= 11 is 5.93. The summed E-state index contributed by atoms with van der Waals surface area (Å²) in [7, 11) is 0. The fourth-order valence-electron chi connectivity index (χ4n) is 2.70. The Balaban J connectivity index is 1.46. The van der Waals surface area contributed by atoms with Gasteiger partial charge in [-0.15, -0.1) is 0 Å². The van der Waals surface area contributed by atoms with Gasteiger partial charge in [0.05, 0.1) is 12.8 Å². The lowest BCUT2D eigenvalue weighted by Gasteiger charge is -2.18. The van der Waals surface area contributed by atoms with Gasteiger partial charge < -0.3 is 14.6 Å². The zero-order valence-electron chi connectivity index (χ0n) is 11.4. The van der Waals surface area contributed by atoms with Crippen molar-refractivity contribution in [3.8, 4) is 0 Å². The fraction of sp³-hybridized carbons (Fsp3) is 0.375. The lowest BCUT2D eigenvalue weighted by atomic mass is 10.1. The molecule has 1 aromatic carbocycles. The highest BCUT2D eigenvalue weighted by Crippen LogP contribution is 2.24. The van der Waals surface area contributed by atoms with Gasteiger partial charge in [0.15, 0.2) is 0 Å². The second-order valence-electron chi connectivity index (χ2n) is 5.29. The first-order valence-corrected chi connectivity index (χ1v) is 7.42. The first-order valence-electron chi connectivity index (χ1n) is 7.05. The minimum absolute atomic E-state index is 0.695. The van der Waals surface area contributed by atoms with E-state index >= 15 is 0 Å². The van der Waals surface area contributed by atoms with Crippen molar-refractivity contribution in [1.82, 2.24) is 5.32 Å². The van der Waals surface area contributed by atoms with Crippen LogP contribution in [0.3, 0.4) is 0 Å². The summed E-state index contributed by atoms with van der Waals surface area (Å²) in [5.41, 5.74) is 1.27. The van der Waals surface area contributed by atoms with Gasteiger partial charge in [0.1, 0.15) is 5.76 Å². The number of halogens is 1. The van der Waals surface area contributed by atoms with Crippen LogP contribution >= 0.6 is 11.6 Å². The molecule has 2 heterocycles. The predicted molar refractivity (Wildman–Crippen MR) is 82.2 cm³/mol. The molecular formula is C16H19ClN2O. The van der Waals surface area contributed by atoms with Gasteiger partial charge in [-0.05, 0) is 48.7 Å². The maximum atomic E-state index is 5.93. The van der Waals surface area contributed by atoms with Crippen LogP contribution in [0.4, 0.5) is 5.69 Å². The third-order valence-corrected chi connectivity index (χ3v) is 4.04. The Bertz CT molecular complexity index is 524. The van der Waals surface area contributed by atoms with Crippen LogP contribution in [-0.4, -0.2) is 19.6 Å². The summed E-state index contributed by atoms with van der Waals surface area (Å²) in [6.45, 7) is 4.07. The van der Waals surface area contributed by atoms with Crippen molar-refractivity contribution in [2.24, 2.45) is 5.92 Å². The molecule has 1 aliphatic heterocycles. The van der Waals surface area contributed by atoms with Crippen molar-refractivity contribution in [3.05, 3.63) is 53.4 Å². The number of rotatable bonds is 5.